The Bertz CT molecular complexity index is 1350. The molecule has 3 heterocycles. The van der Waals surface area contributed by atoms with E-state index in [2.05, 4.69) is 21.9 Å². The Morgan fingerprint density at radius 1 is 1.03 bits per heavy atom. The fraction of sp³-hybridized carbons (Fsp3) is 0.448. The molecule has 36 heavy (non-hydrogen) atoms. The maximum atomic E-state index is 12.9. The molecule has 0 N–H and O–H groups in total. The number of hydrogen-bond acceptors (Lipinski definition) is 5. The quantitative estimate of drug-likeness (QED) is 0.460. The van der Waals surface area contributed by atoms with Gasteiger partial charge < -0.3 is 28.5 Å². The Morgan fingerprint density at radius 2 is 1.81 bits per heavy atom. The average molecular weight is 488 g/mol. The normalized spacial score (nSPS) is 17.0. The van der Waals surface area contributed by atoms with Gasteiger partial charge in [0.25, 0.3) is 5.56 Å². The number of benzene rings is 2. The number of pyridine rings is 1. The van der Waals surface area contributed by atoms with E-state index in [1.807, 2.05) is 35.8 Å². The Labute approximate surface area is 212 Å². The summed E-state index contributed by atoms with van der Waals surface area (Å²) in [5.74, 6) is 2.39. The first-order chi connectivity index (χ1) is 17.5. The minimum absolute atomic E-state index is 0.0229. The second kappa shape index (κ2) is 10.2. The number of methoxy groups -OCH3 is 1. The van der Waals surface area contributed by atoms with Gasteiger partial charge >= 0.3 is 0 Å². The van der Waals surface area contributed by atoms with Gasteiger partial charge in [0.2, 0.25) is 5.54 Å². The number of piperidine rings is 1. The molecule has 7 heteroatoms. The standard InChI is InChI=1S/C29H33N3O4/c1-21-18-28(33)32(25-20-23(34-3)5-6-24(21)25)15-11-29(30-2)9-13-31(14-10-29)12-8-22-4-7-26-27(19-22)36-17-16-35-26/h4-7,18-20H,8-17H2,1,3H3. The van der Waals surface area contributed by atoms with Crippen LogP contribution in [0.2, 0.25) is 0 Å². The summed E-state index contributed by atoms with van der Waals surface area (Å²) in [6, 6.07) is 13.7. The van der Waals surface area contributed by atoms with Crippen molar-refractivity contribution < 1.29 is 14.2 Å². The van der Waals surface area contributed by atoms with Crippen LogP contribution < -0.4 is 19.8 Å². The molecule has 1 fully saturated rings. The summed E-state index contributed by atoms with van der Waals surface area (Å²) in [6.45, 7) is 14.4. The van der Waals surface area contributed by atoms with Crippen molar-refractivity contribution in [1.29, 1.82) is 0 Å². The van der Waals surface area contributed by atoms with Crippen LogP contribution in [0, 0.1) is 13.5 Å². The van der Waals surface area contributed by atoms with E-state index in [1.54, 1.807) is 13.2 Å². The monoisotopic (exact) mass is 487 g/mol. The van der Waals surface area contributed by atoms with Gasteiger partial charge in [0.15, 0.2) is 11.5 Å². The van der Waals surface area contributed by atoms with Crippen molar-refractivity contribution in [3.05, 3.63) is 75.4 Å². The highest BCUT2D eigenvalue weighted by Gasteiger charge is 2.40. The van der Waals surface area contributed by atoms with E-state index in [-0.39, 0.29) is 5.56 Å². The van der Waals surface area contributed by atoms with Crippen molar-refractivity contribution in [2.75, 3.05) is 40.0 Å². The Balaban J connectivity index is 1.22. The first-order valence-corrected chi connectivity index (χ1v) is 12.7. The lowest BCUT2D eigenvalue weighted by molar-refractivity contribution is 0.170. The zero-order valence-electron chi connectivity index (χ0n) is 21.1. The van der Waals surface area contributed by atoms with Crippen molar-refractivity contribution in [3.63, 3.8) is 0 Å². The lowest BCUT2D eigenvalue weighted by atomic mass is 9.85. The molecule has 0 amide bonds. The van der Waals surface area contributed by atoms with Crippen molar-refractivity contribution in [1.82, 2.24) is 9.47 Å². The smallest absolute Gasteiger partial charge is 0.251 e. The van der Waals surface area contributed by atoms with Crippen molar-refractivity contribution >= 4 is 10.9 Å². The number of fused-ring (bicyclic) bond motifs is 2. The summed E-state index contributed by atoms with van der Waals surface area (Å²) >= 11 is 0. The predicted octanol–water partition coefficient (Wildman–Crippen LogP) is 4.48. The van der Waals surface area contributed by atoms with Crippen LogP contribution in [0.5, 0.6) is 17.2 Å². The fourth-order valence-corrected chi connectivity index (χ4v) is 5.35. The zero-order valence-corrected chi connectivity index (χ0v) is 21.1. The number of ether oxygens (including phenoxy) is 3. The number of rotatable bonds is 7. The maximum absolute atomic E-state index is 12.9. The Hall–Kier alpha value is -3.50. The molecule has 0 atom stereocenters. The van der Waals surface area contributed by atoms with Gasteiger partial charge in [-0.25, -0.2) is 6.57 Å². The molecule has 5 rings (SSSR count). The molecule has 2 aromatic carbocycles. The molecule has 2 aliphatic rings. The maximum Gasteiger partial charge on any atom is 0.251 e. The van der Waals surface area contributed by atoms with E-state index >= 15 is 0 Å². The highest BCUT2D eigenvalue weighted by atomic mass is 16.6. The number of aryl methyl sites for hydroxylation is 2. The second-order valence-electron chi connectivity index (χ2n) is 9.86. The van der Waals surface area contributed by atoms with E-state index in [1.165, 1.54) is 5.56 Å². The van der Waals surface area contributed by atoms with Crippen LogP contribution in [0.1, 0.15) is 30.4 Å². The third kappa shape index (κ3) is 4.91. The van der Waals surface area contributed by atoms with Crippen molar-refractivity contribution in [3.8, 4) is 17.2 Å². The van der Waals surface area contributed by atoms with Crippen LogP contribution in [0.3, 0.4) is 0 Å². The molecule has 0 unspecified atom stereocenters. The van der Waals surface area contributed by atoms with Crippen molar-refractivity contribution in [2.45, 2.75) is 44.7 Å². The molecule has 0 bridgehead atoms. The SMILES string of the molecule is [C-]#[N+]C1(CCn2c(=O)cc(C)c3ccc(OC)cc32)CCN(CCc2ccc3c(c2)OCCO3)CC1. The topological polar surface area (TPSA) is 57.3 Å². The molecule has 1 aromatic heterocycles. The largest absolute Gasteiger partial charge is 0.497 e. The molecule has 3 aromatic rings. The molecular weight excluding hydrogens is 454 g/mol. The van der Waals surface area contributed by atoms with Crippen LogP contribution in [0.25, 0.3) is 15.7 Å². The molecule has 1 saturated heterocycles. The lowest BCUT2D eigenvalue weighted by Crippen LogP contribution is -2.44. The van der Waals surface area contributed by atoms with Crippen LogP contribution >= 0.6 is 0 Å². The number of likely N-dealkylation sites (tertiary alicyclic amines) is 1. The van der Waals surface area contributed by atoms with E-state index in [9.17, 15) is 4.79 Å². The summed E-state index contributed by atoms with van der Waals surface area (Å²) < 4.78 is 18.5. The molecule has 0 saturated carbocycles. The Morgan fingerprint density at radius 3 is 2.56 bits per heavy atom. The molecule has 2 aliphatic heterocycles. The van der Waals surface area contributed by atoms with Gasteiger partial charge in [-0.3, -0.25) is 4.79 Å². The molecule has 0 spiro atoms. The minimum atomic E-state index is -0.428. The first kappa shape index (κ1) is 24.2. The van der Waals surface area contributed by atoms with Crippen LogP contribution in [0.15, 0.2) is 47.3 Å². The highest BCUT2D eigenvalue weighted by Crippen LogP contribution is 2.33. The molecule has 188 valence electrons. The molecule has 0 aliphatic carbocycles. The molecular formula is C29H33N3O4. The number of nitrogens with zero attached hydrogens (tertiary/aromatic N) is 3. The predicted molar refractivity (Wildman–Crippen MR) is 140 cm³/mol. The summed E-state index contributed by atoms with van der Waals surface area (Å²) in [7, 11) is 1.63. The fourth-order valence-electron chi connectivity index (χ4n) is 5.35. The minimum Gasteiger partial charge on any atom is -0.497 e. The number of aromatic nitrogens is 1. The first-order valence-electron chi connectivity index (χ1n) is 12.7. The van der Waals surface area contributed by atoms with Gasteiger partial charge in [-0.1, -0.05) is 6.07 Å². The van der Waals surface area contributed by atoms with Gasteiger partial charge in [0, 0.05) is 63.0 Å². The highest BCUT2D eigenvalue weighted by molar-refractivity contribution is 5.83. The van der Waals surface area contributed by atoms with Crippen LogP contribution in [0.4, 0.5) is 0 Å². The third-order valence-electron chi connectivity index (χ3n) is 7.67. The third-order valence-corrected chi connectivity index (χ3v) is 7.67. The zero-order chi connectivity index (χ0) is 25.1. The van der Waals surface area contributed by atoms with Crippen molar-refractivity contribution in [2.24, 2.45) is 0 Å². The van der Waals surface area contributed by atoms with Gasteiger partial charge in [0.1, 0.15) is 19.0 Å². The second-order valence-corrected chi connectivity index (χ2v) is 9.86. The average Bonchev–Trinajstić information content (AvgIpc) is 2.92. The van der Waals surface area contributed by atoms with Gasteiger partial charge in [0.05, 0.1) is 12.6 Å². The van der Waals surface area contributed by atoms with Crippen LogP contribution in [-0.4, -0.2) is 55.0 Å². The van der Waals surface area contributed by atoms with Gasteiger partial charge in [-0.05, 0) is 48.7 Å². The Kier molecular flexibility index (Phi) is 6.88. The van der Waals surface area contributed by atoms with E-state index in [0.29, 0.717) is 26.2 Å². The summed E-state index contributed by atoms with van der Waals surface area (Å²) in [5.41, 5.74) is 2.62. The summed E-state index contributed by atoms with van der Waals surface area (Å²) in [6.07, 6.45) is 3.25. The molecule has 7 nitrogen and oxygen atoms in total. The molecule has 0 radical (unpaired) electrons. The summed E-state index contributed by atoms with van der Waals surface area (Å²) in [4.78, 5) is 19.5. The van der Waals surface area contributed by atoms with Gasteiger partial charge in [-0.15, -0.1) is 0 Å². The van der Waals surface area contributed by atoms with E-state index in [0.717, 1.165) is 72.6 Å². The van der Waals surface area contributed by atoms with E-state index < -0.39 is 5.54 Å². The summed E-state index contributed by atoms with van der Waals surface area (Å²) in [5, 5.41) is 1.04. The van der Waals surface area contributed by atoms with E-state index in [4.69, 9.17) is 20.8 Å². The lowest BCUT2D eigenvalue weighted by Gasteiger charge is -2.34. The number of hydrogen-bond donors (Lipinski definition) is 0. The van der Waals surface area contributed by atoms with Gasteiger partial charge in [-0.2, -0.15) is 0 Å². The van der Waals surface area contributed by atoms with Crippen LogP contribution in [-0.2, 0) is 13.0 Å².